The van der Waals surface area contributed by atoms with Crippen molar-refractivity contribution in [3.63, 3.8) is 0 Å². The molecule has 7 nitrogen and oxygen atoms in total. The highest BCUT2D eigenvalue weighted by Crippen LogP contribution is 2.36. The minimum absolute atomic E-state index is 0.00130. The van der Waals surface area contributed by atoms with E-state index in [9.17, 15) is 13.2 Å². The van der Waals surface area contributed by atoms with E-state index in [0.29, 0.717) is 26.1 Å². The third-order valence-corrected chi connectivity index (χ3v) is 8.68. The van der Waals surface area contributed by atoms with Gasteiger partial charge in [0.05, 0.1) is 18.7 Å². The molecular formula is C17H20ClN3O4S4. The maximum absolute atomic E-state index is 12.7. The van der Waals surface area contributed by atoms with E-state index >= 15 is 0 Å². The molecule has 0 radical (unpaired) electrons. The van der Waals surface area contributed by atoms with E-state index in [4.69, 9.17) is 28.6 Å². The summed E-state index contributed by atoms with van der Waals surface area (Å²) in [6.45, 7) is 1.77. The van der Waals surface area contributed by atoms with Gasteiger partial charge in [-0.1, -0.05) is 11.6 Å². The summed E-state index contributed by atoms with van der Waals surface area (Å²) in [5.41, 5.74) is 0.294. The molecule has 1 aromatic heterocycles. The zero-order valence-electron chi connectivity index (χ0n) is 16.0. The Balaban J connectivity index is 2.29. The number of carbonyl (C=O) groups is 1. The average molecular weight is 494 g/mol. The fourth-order valence-electron chi connectivity index (χ4n) is 2.34. The third kappa shape index (κ3) is 5.76. The van der Waals surface area contributed by atoms with E-state index in [-0.39, 0.29) is 15.2 Å². The minimum Gasteiger partial charge on any atom is -0.496 e. The van der Waals surface area contributed by atoms with Crippen LogP contribution in [0.2, 0.25) is 5.02 Å². The Hall–Kier alpha value is -1.53. The van der Waals surface area contributed by atoms with Crippen molar-refractivity contribution >= 4 is 68.0 Å². The molecule has 1 amide bonds. The van der Waals surface area contributed by atoms with Crippen molar-refractivity contribution < 1.29 is 17.9 Å². The van der Waals surface area contributed by atoms with E-state index in [2.05, 4.69) is 15.4 Å². The number of thiophene rings is 1. The van der Waals surface area contributed by atoms with Gasteiger partial charge in [-0.05, 0) is 49.7 Å². The van der Waals surface area contributed by atoms with Crippen LogP contribution >= 0.6 is 46.9 Å². The predicted molar refractivity (Wildman–Crippen MR) is 122 cm³/mol. The summed E-state index contributed by atoms with van der Waals surface area (Å²) < 4.78 is 32.9. The molecule has 1 atom stereocenters. The van der Waals surface area contributed by atoms with E-state index in [1.165, 1.54) is 32.0 Å². The van der Waals surface area contributed by atoms with Gasteiger partial charge in [0.1, 0.15) is 5.75 Å². The Bertz CT molecular complexity index is 1020. The first kappa shape index (κ1) is 23.7. The number of methoxy groups -OCH3 is 1. The Labute approximate surface area is 188 Å². The molecule has 0 spiro atoms. The van der Waals surface area contributed by atoms with Crippen LogP contribution < -0.4 is 20.1 Å². The molecule has 158 valence electrons. The second-order valence-electron chi connectivity index (χ2n) is 5.73. The number of carbonyl (C=O) groups excluding carboxylic acids is 1. The number of halogens is 1. The lowest BCUT2D eigenvalue weighted by Gasteiger charge is -2.14. The van der Waals surface area contributed by atoms with Gasteiger partial charge in [0.25, 0.3) is 15.9 Å². The third-order valence-electron chi connectivity index (χ3n) is 3.78. The molecule has 0 fully saturated rings. The van der Waals surface area contributed by atoms with Crippen molar-refractivity contribution in [1.29, 1.82) is 0 Å². The number of amides is 1. The normalized spacial score (nSPS) is 12.2. The maximum Gasteiger partial charge on any atom is 0.274 e. The van der Waals surface area contributed by atoms with E-state index in [1.54, 1.807) is 31.4 Å². The summed E-state index contributed by atoms with van der Waals surface area (Å²) in [7, 11) is -0.835. The number of thiocarbonyl (C=S) groups is 1. The Morgan fingerprint density at radius 2 is 2.03 bits per heavy atom. The summed E-state index contributed by atoms with van der Waals surface area (Å²) in [5.74, 6) is 0.0120. The molecular weight excluding hydrogens is 474 g/mol. The topological polar surface area (TPSA) is 96.5 Å². The van der Waals surface area contributed by atoms with Crippen molar-refractivity contribution in [2.45, 2.75) is 22.1 Å². The van der Waals surface area contributed by atoms with Crippen LogP contribution in [0.3, 0.4) is 0 Å². The molecule has 29 heavy (non-hydrogen) atoms. The molecule has 0 aliphatic rings. The second kappa shape index (κ2) is 9.98. The summed E-state index contributed by atoms with van der Waals surface area (Å²) in [5, 5.41) is 5.84. The Kier molecular flexibility index (Phi) is 8.18. The number of benzene rings is 1. The summed E-state index contributed by atoms with van der Waals surface area (Å²) in [4.78, 5) is 13.9. The quantitative estimate of drug-likeness (QED) is 0.401. The maximum atomic E-state index is 12.7. The fourth-order valence-corrected chi connectivity index (χ4v) is 6.68. The first-order valence-electron chi connectivity index (χ1n) is 8.19. The van der Waals surface area contributed by atoms with Crippen LogP contribution in [0, 0.1) is 0 Å². The second-order valence-corrected chi connectivity index (χ2v) is 10.4. The zero-order valence-corrected chi connectivity index (χ0v) is 20.1. The van der Waals surface area contributed by atoms with Gasteiger partial charge in [-0.25, -0.2) is 8.42 Å². The molecule has 12 heteroatoms. The highest BCUT2D eigenvalue weighted by atomic mass is 35.5. The summed E-state index contributed by atoms with van der Waals surface area (Å²) in [6, 6.07) is 6.06. The molecule has 0 aliphatic carbocycles. The van der Waals surface area contributed by atoms with Gasteiger partial charge in [-0.15, -0.1) is 23.1 Å². The standard InChI is InChI=1S/C17H20ClN3O4S4/c1-9(20-15(22)11-7-10(18)5-6-12(11)25-3)13-8-14(27-4)16(28-13)29(23,24)21-17(26)19-2/h5-9H,1-4H3,(H,20,22)(H2,19,21,26). The van der Waals surface area contributed by atoms with Crippen LogP contribution in [-0.4, -0.2) is 39.9 Å². The van der Waals surface area contributed by atoms with Crippen molar-refractivity contribution in [2.24, 2.45) is 0 Å². The van der Waals surface area contributed by atoms with Gasteiger partial charge in [0.15, 0.2) is 9.32 Å². The van der Waals surface area contributed by atoms with Gasteiger partial charge >= 0.3 is 0 Å². The van der Waals surface area contributed by atoms with E-state index in [0.717, 1.165) is 11.3 Å². The van der Waals surface area contributed by atoms with E-state index < -0.39 is 16.1 Å². The number of hydrogen-bond donors (Lipinski definition) is 3. The molecule has 0 saturated carbocycles. The highest BCUT2D eigenvalue weighted by molar-refractivity contribution is 8.00. The molecule has 3 N–H and O–H groups in total. The van der Waals surface area contributed by atoms with Crippen LogP contribution in [0.4, 0.5) is 0 Å². The number of ether oxygens (including phenoxy) is 1. The van der Waals surface area contributed by atoms with Crippen molar-refractivity contribution in [1.82, 2.24) is 15.4 Å². The molecule has 0 saturated heterocycles. The monoisotopic (exact) mass is 493 g/mol. The molecule has 1 aromatic carbocycles. The number of hydrogen-bond acceptors (Lipinski definition) is 7. The first-order chi connectivity index (χ1) is 13.6. The largest absolute Gasteiger partial charge is 0.496 e. The van der Waals surface area contributed by atoms with E-state index in [1.807, 2.05) is 0 Å². The number of thioether (sulfide) groups is 1. The van der Waals surface area contributed by atoms with Gasteiger partial charge < -0.3 is 15.4 Å². The number of nitrogens with one attached hydrogen (secondary N) is 3. The molecule has 1 unspecified atom stereocenters. The number of rotatable bonds is 7. The van der Waals surface area contributed by atoms with Crippen LogP contribution in [0.5, 0.6) is 5.75 Å². The predicted octanol–water partition coefficient (Wildman–Crippen LogP) is 3.41. The molecule has 2 aromatic rings. The first-order valence-corrected chi connectivity index (χ1v) is 12.5. The van der Waals surface area contributed by atoms with Gasteiger partial charge in [-0.2, -0.15) is 0 Å². The van der Waals surface area contributed by atoms with Gasteiger partial charge in [0, 0.05) is 21.8 Å². The highest BCUT2D eigenvalue weighted by Gasteiger charge is 2.25. The van der Waals surface area contributed by atoms with Crippen molar-refractivity contribution in [3.05, 3.63) is 39.7 Å². The molecule has 1 heterocycles. The van der Waals surface area contributed by atoms with Gasteiger partial charge in [-0.3, -0.25) is 9.52 Å². The Morgan fingerprint density at radius 1 is 1.34 bits per heavy atom. The van der Waals surface area contributed by atoms with Crippen molar-refractivity contribution in [3.8, 4) is 5.75 Å². The molecule has 0 bridgehead atoms. The van der Waals surface area contributed by atoms with Gasteiger partial charge in [0.2, 0.25) is 0 Å². The lowest BCUT2D eigenvalue weighted by Crippen LogP contribution is -2.36. The summed E-state index contributed by atoms with van der Waals surface area (Å²) >= 11 is 13.3. The SMILES string of the molecule is CNC(=S)NS(=O)(=O)c1sc(C(C)NC(=O)c2cc(Cl)ccc2OC)cc1SC. The average Bonchev–Trinajstić information content (AvgIpc) is 3.13. The Morgan fingerprint density at radius 3 is 2.62 bits per heavy atom. The van der Waals surface area contributed by atoms with Crippen LogP contribution in [0.25, 0.3) is 0 Å². The van der Waals surface area contributed by atoms with Crippen molar-refractivity contribution in [2.75, 3.05) is 20.4 Å². The minimum atomic E-state index is -3.83. The fraction of sp³-hybridized carbons (Fsp3) is 0.294. The lowest BCUT2D eigenvalue weighted by molar-refractivity contribution is 0.0937. The lowest BCUT2D eigenvalue weighted by atomic mass is 10.1. The molecule has 0 aliphatic heterocycles. The van der Waals surface area contributed by atoms with Crippen LogP contribution in [0.1, 0.15) is 28.2 Å². The number of sulfonamides is 1. The zero-order chi connectivity index (χ0) is 21.8. The van der Waals surface area contributed by atoms with Crippen LogP contribution in [-0.2, 0) is 10.0 Å². The molecule has 2 rings (SSSR count). The summed E-state index contributed by atoms with van der Waals surface area (Å²) in [6.07, 6.45) is 1.78. The smallest absolute Gasteiger partial charge is 0.274 e. The van der Waals surface area contributed by atoms with Crippen LogP contribution in [0.15, 0.2) is 33.4 Å².